The second kappa shape index (κ2) is 8.30. The molecule has 0 bridgehead atoms. The van der Waals surface area contributed by atoms with Gasteiger partial charge in [-0.15, -0.1) is 0 Å². The summed E-state index contributed by atoms with van der Waals surface area (Å²) >= 11 is 0. The lowest BCUT2D eigenvalue weighted by Gasteiger charge is -2.41. The summed E-state index contributed by atoms with van der Waals surface area (Å²) < 4.78 is 5.92. The Morgan fingerprint density at radius 3 is 2.13 bits per heavy atom. The molecule has 0 aromatic heterocycles. The third-order valence-electron chi connectivity index (χ3n) is 7.18. The molecule has 5 atom stereocenters. The molecule has 5 nitrogen and oxygen atoms in total. The van der Waals surface area contributed by atoms with E-state index in [9.17, 15) is 20.4 Å². The van der Waals surface area contributed by atoms with Gasteiger partial charge in [0.15, 0.2) is 0 Å². The van der Waals surface area contributed by atoms with Crippen LogP contribution in [-0.2, 0) is 11.2 Å². The molecule has 0 spiro atoms. The van der Waals surface area contributed by atoms with Crippen molar-refractivity contribution in [1.82, 2.24) is 0 Å². The fourth-order valence-corrected chi connectivity index (χ4v) is 4.88. The number of hydrogen-bond donors (Lipinski definition) is 4. The van der Waals surface area contributed by atoms with Crippen LogP contribution in [0, 0.1) is 6.92 Å². The van der Waals surface area contributed by atoms with Gasteiger partial charge in [-0.25, -0.2) is 0 Å². The van der Waals surface area contributed by atoms with Crippen LogP contribution in [0.25, 0.3) is 0 Å². The highest BCUT2D eigenvalue weighted by Crippen LogP contribution is 2.46. The molecule has 2 aliphatic carbocycles. The summed E-state index contributed by atoms with van der Waals surface area (Å²) in [6.45, 7) is 1.71. The van der Waals surface area contributed by atoms with Crippen molar-refractivity contribution < 1.29 is 25.2 Å². The number of ether oxygens (including phenoxy) is 1. The number of rotatable bonds is 6. The lowest BCUT2D eigenvalue weighted by Crippen LogP contribution is -2.55. The quantitative estimate of drug-likeness (QED) is 0.573. The minimum atomic E-state index is -1.36. The lowest BCUT2D eigenvalue weighted by molar-refractivity contribution is -0.231. The summed E-state index contributed by atoms with van der Waals surface area (Å²) in [5.74, 6) is 1.18. The summed E-state index contributed by atoms with van der Waals surface area (Å²) in [5, 5.41) is 40.8. The van der Waals surface area contributed by atoms with Gasteiger partial charge >= 0.3 is 0 Å². The van der Waals surface area contributed by atoms with Crippen LogP contribution < -0.4 is 0 Å². The highest BCUT2D eigenvalue weighted by Gasteiger charge is 2.45. The van der Waals surface area contributed by atoms with Gasteiger partial charge in [0.1, 0.15) is 30.5 Å². The molecule has 5 heteroatoms. The van der Waals surface area contributed by atoms with Gasteiger partial charge < -0.3 is 25.2 Å². The van der Waals surface area contributed by atoms with Crippen molar-refractivity contribution in [2.24, 2.45) is 0 Å². The van der Waals surface area contributed by atoms with Gasteiger partial charge in [0.2, 0.25) is 0 Å². The second-order valence-corrected chi connectivity index (χ2v) is 9.62. The minimum absolute atomic E-state index is 0.410. The molecule has 31 heavy (non-hydrogen) atoms. The normalized spacial score (nSPS) is 31.1. The molecule has 2 aromatic rings. The molecule has 166 valence electrons. The third-order valence-corrected chi connectivity index (χ3v) is 7.18. The van der Waals surface area contributed by atoms with Crippen LogP contribution in [0.1, 0.15) is 77.0 Å². The molecule has 2 aromatic carbocycles. The third kappa shape index (κ3) is 4.18. The average Bonchev–Trinajstić information content (AvgIpc) is 3.67. The maximum atomic E-state index is 10.7. The van der Waals surface area contributed by atoms with Crippen LogP contribution in [0.3, 0.4) is 0 Å². The minimum Gasteiger partial charge on any atom is -0.394 e. The molecule has 1 unspecified atom stereocenters. The molecule has 0 amide bonds. The van der Waals surface area contributed by atoms with Crippen molar-refractivity contribution in [3.63, 3.8) is 0 Å². The number of benzene rings is 2. The zero-order valence-electron chi connectivity index (χ0n) is 17.9. The van der Waals surface area contributed by atoms with E-state index in [0.29, 0.717) is 5.92 Å². The van der Waals surface area contributed by atoms with Crippen LogP contribution in [0.5, 0.6) is 0 Å². The van der Waals surface area contributed by atoms with Crippen LogP contribution in [0.15, 0.2) is 36.4 Å². The Labute approximate surface area is 183 Å². The van der Waals surface area contributed by atoms with E-state index in [0.717, 1.165) is 41.9 Å². The van der Waals surface area contributed by atoms with Crippen molar-refractivity contribution in [3.05, 3.63) is 69.8 Å². The first-order chi connectivity index (χ1) is 15.0. The van der Waals surface area contributed by atoms with Gasteiger partial charge in [0.05, 0.1) is 6.61 Å². The summed E-state index contributed by atoms with van der Waals surface area (Å²) in [4.78, 5) is 0. The smallest absolute Gasteiger partial charge is 0.113 e. The Bertz CT molecular complexity index is 930. The summed E-state index contributed by atoms with van der Waals surface area (Å²) in [7, 11) is 0. The van der Waals surface area contributed by atoms with Crippen molar-refractivity contribution in [2.45, 2.75) is 81.4 Å². The zero-order chi connectivity index (χ0) is 21.7. The molecule has 2 saturated carbocycles. The van der Waals surface area contributed by atoms with Crippen molar-refractivity contribution in [3.8, 4) is 0 Å². The fraction of sp³-hybridized carbons (Fsp3) is 0.538. The zero-order valence-corrected chi connectivity index (χ0v) is 17.9. The molecule has 3 aliphatic rings. The molecule has 1 saturated heterocycles. The molecule has 1 aliphatic heterocycles. The molecule has 1 heterocycles. The monoisotopic (exact) mass is 424 g/mol. The van der Waals surface area contributed by atoms with Gasteiger partial charge in [-0.05, 0) is 84.2 Å². The van der Waals surface area contributed by atoms with Crippen LogP contribution >= 0.6 is 0 Å². The van der Waals surface area contributed by atoms with Crippen molar-refractivity contribution in [2.75, 3.05) is 6.61 Å². The van der Waals surface area contributed by atoms with Crippen LogP contribution in [0.4, 0.5) is 0 Å². The standard InChI is InChI=1S/C26H32O5/c1-14-10-20(18-8-9-18)21(26-25(30)24(29)23(28)22(13-27)31-26)12-19(14)11-15-2-4-16(5-3-15)17-6-7-17/h2-5,10,12,17-18,22-30H,6-9,11,13H2,1H3/t22-,23-,24?,25-,26+/m1/s1. The maximum Gasteiger partial charge on any atom is 0.113 e. The Morgan fingerprint density at radius 2 is 1.52 bits per heavy atom. The molecular formula is C26H32O5. The molecular weight excluding hydrogens is 392 g/mol. The summed E-state index contributed by atoms with van der Waals surface area (Å²) in [6.07, 6.45) is -0.0310. The Morgan fingerprint density at radius 1 is 0.839 bits per heavy atom. The molecule has 5 rings (SSSR count). The number of aliphatic hydroxyl groups is 4. The van der Waals surface area contributed by atoms with E-state index in [1.54, 1.807) is 0 Å². The maximum absolute atomic E-state index is 10.7. The SMILES string of the molecule is Cc1cc(C2CC2)c([C@@H]2O[C@H](CO)[C@@H](O)C(O)[C@H]2O)cc1Cc1ccc(C2CC2)cc1. The van der Waals surface area contributed by atoms with Gasteiger partial charge in [0.25, 0.3) is 0 Å². The molecule has 0 radical (unpaired) electrons. The Kier molecular flexibility index (Phi) is 5.65. The number of hydrogen-bond acceptors (Lipinski definition) is 5. The fourth-order valence-electron chi connectivity index (χ4n) is 4.88. The predicted octanol–water partition coefficient (Wildman–Crippen LogP) is 2.86. The Hall–Kier alpha value is -1.76. The summed E-state index contributed by atoms with van der Waals surface area (Å²) in [5.41, 5.74) is 7.05. The van der Waals surface area contributed by atoms with E-state index < -0.39 is 37.1 Å². The van der Waals surface area contributed by atoms with Gasteiger partial charge in [0, 0.05) is 0 Å². The van der Waals surface area contributed by atoms with E-state index in [1.165, 1.54) is 29.5 Å². The largest absolute Gasteiger partial charge is 0.394 e. The van der Waals surface area contributed by atoms with E-state index in [-0.39, 0.29) is 0 Å². The van der Waals surface area contributed by atoms with Gasteiger partial charge in [-0.3, -0.25) is 0 Å². The van der Waals surface area contributed by atoms with E-state index in [1.807, 2.05) is 0 Å². The first-order valence-electron chi connectivity index (χ1n) is 11.5. The van der Waals surface area contributed by atoms with Gasteiger partial charge in [-0.1, -0.05) is 36.4 Å². The number of aryl methyl sites for hydroxylation is 1. The number of aliphatic hydroxyl groups excluding tert-OH is 4. The first-order valence-corrected chi connectivity index (χ1v) is 11.5. The average molecular weight is 425 g/mol. The van der Waals surface area contributed by atoms with Gasteiger partial charge in [-0.2, -0.15) is 0 Å². The topological polar surface area (TPSA) is 90.2 Å². The van der Waals surface area contributed by atoms with Crippen LogP contribution in [0.2, 0.25) is 0 Å². The van der Waals surface area contributed by atoms with E-state index in [4.69, 9.17) is 4.74 Å². The van der Waals surface area contributed by atoms with Crippen molar-refractivity contribution >= 4 is 0 Å². The second-order valence-electron chi connectivity index (χ2n) is 9.62. The van der Waals surface area contributed by atoms with Crippen LogP contribution in [-0.4, -0.2) is 51.4 Å². The first kappa shape index (κ1) is 21.1. The summed E-state index contributed by atoms with van der Waals surface area (Å²) in [6, 6.07) is 13.2. The van der Waals surface area contributed by atoms with Crippen molar-refractivity contribution in [1.29, 1.82) is 0 Å². The highest BCUT2D eigenvalue weighted by atomic mass is 16.5. The lowest BCUT2D eigenvalue weighted by atomic mass is 9.85. The Balaban J connectivity index is 1.47. The molecule has 3 fully saturated rings. The predicted molar refractivity (Wildman–Crippen MR) is 117 cm³/mol. The highest BCUT2D eigenvalue weighted by molar-refractivity contribution is 5.45. The van der Waals surface area contributed by atoms with E-state index >= 15 is 0 Å². The van der Waals surface area contributed by atoms with E-state index in [2.05, 4.69) is 43.3 Å². The molecule has 4 N–H and O–H groups in total.